The van der Waals surface area contributed by atoms with Crippen molar-refractivity contribution in [2.24, 2.45) is 5.92 Å². The van der Waals surface area contributed by atoms with E-state index in [0.717, 1.165) is 11.1 Å². The molecule has 0 radical (unpaired) electrons. The Balaban J connectivity index is 1.42. The average molecular weight is 395 g/mol. The Morgan fingerprint density at radius 1 is 1.38 bits per heavy atom. The molecule has 0 fully saturated rings. The monoisotopic (exact) mass is 395 g/mol. The molecular weight excluding hydrogens is 375 g/mol. The maximum atomic E-state index is 13.4. The van der Waals surface area contributed by atoms with Crippen LogP contribution in [0.5, 0.6) is 0 Å². The number of fused-ring (bicyclic) bond motifs is 1. The highest BCUT2D eigenvalue weighted by molar-refractivity contribution is 5.94. The third-order valence-corrected chi connectivity index (χ3v) is 4.65. The van der Waals surface area contributed by atoms with Gasteiger partial charge < -0.3 is 9.30 Å². The first-order valence-electron chi connectivity index (χ1n) is 9.18. The van der Waals surface area contributed by atoms with Gasteiger partial charge in [0.2, 0.25) is 5.95 Å². The second kappa shape index (κ2) is 7.78. The minimum absolute atomic E-state index is 0.0104. The van der Waals surface area contributed by atoms with Crippen molar-refractivity contribution in [1.82, 2.24) is 24.5 Å². The van der Waals surface area contributed by atoms with E-state index in [9.17, 15) is 9.18 Å². The molecule has 29 heavy (non-hydrogen) atoms. The van der Waals surface area contributed by atoms with Crippen molar-refractivity contribution < 1.29 is 18.9 Å². The number of esters is 1. The van der Waals surface area contributed by atoms with Crippen LogP contribution in [0, 0.1) is 18.8 Å². The molecule has 4 rings (SSSR count). The van der Waals surface area contributed by atoms with E-state index in [1.54, 1.807) is 30.9 Å². The van der Waals surface area contributed by atoms with Gasteiger partial charge in [-0.05, 0) is 19.1 Å². The third kappa shape index (κ3) is 3.84. The van der Waals surface area contributed by atoms with E-state index in [-0.39, 0.29) is 12.5 Å². The van der Waals surface area contributed by atoms with Gasteiger partial charge in [-0.25, -0.2) is 19.7 Å². The predicted molar refractivity (Wildman–Crippen MR) is 102 cm³/mol. The number of halogens is 1. The Labute approximate surface area is 165 Å². The molecule has 0 aliphatic rings. The summed E-state index contributed by atoms with van der Waals surface area (Å²) < 4.78 is 20.8. The molecule has 0 saturated carbocycles. The molecule has 0 saturated heterocycles. The number of carbonyl (C=O) groups excluding carboxylic acids is 1. The number of ether oxygens (including phenoxy) is 1. The van der Waals surface area contributed by atoms with E-state index in [2.05, 4.69) is 24.9 Å². The SMILES string of the molecule is Cc1c(C(=O)OCC(C)Cn2ccnc2-c2cccc(F)n2)cnc2[nH+]c[nH]c12. The molecule has 4 aromatic rings. The summed E-state index contributed by atoms with van der Waals surface area (Å²) in [4.78, 5) is 30.9. The van der Waals surface area contributed by atoms with E-state index in [1.165, 1.54) is 12.3 Å². The first-order chi connectivity index (χ1) is 14.0. The van der Waals surface area contributed by atoms with Gasteiger partial charge in [-0.1, -0.05) is 13.0 Å². The molecule has 4 aromatic heterocycles. The van der Waals surface area contributed by atoms with Crippen LogP contribution in [0.3, 0.4) is 0 Å². The van der Waals surface area contributed by atoms with Crippen LogP contribution in [0.4, 0.5) is 4.39 Å². The van der Waals surface area contributed by atoms with Crippen molar-refractivity contribution in [2.75, 3.05) is 6.61 Å². The standard InChI is InChI=1S/C20H19FN6O2/c1-12(9-27-7-6-22-19(27)15-4-3-5-16(21)26-15)10-29-20(28)14-8-23-18-17(13(14)2)24-11-25-18/h3-8,11-12H,9-10H2,1-2H3,(H,23,24,25)/p+1. The second-order valence-electron chi connectivity index (χ2n) is 6.91. The van der Waals surface area contributed by atoms with Crippen molar-refractivity contribution in [3.05, 3.63) is 60.2 Å². The van der Waals surface area contributed by atoms with Crippen LogP contribution in [0.15, 0.2) is 43.1 Å². The summed E-state index contributed by atoms with van der Waals surface area (Å²) in [6.07, 6.45) is 6.61. The number of aromatic amines is 2. The van der Waals surface area contributed by atoms with Crippen LogP contribution < -0.4 is 4.98 Å². The molecule has 148 valence electrons. The van der Waals surface area contributed by atoms with Gasteiger partial charge in [0.25, 0.3) is 5.65 Å². The Bertz CT molecular complexity index is 1170. The van der Waals surface area contributed by atoms with Crippen LogP contribution in [0.2, 0.25) is 0 Å². The summed E-state index contributed by atoms with van der Waals surface area (Å²) in [6.45, 7) is 4.58. The first kappa shape index (κ1) is 18.7. The van der Waals surface area contributed by atoms with Crippen molar-refractivity contribution in [3.8, 4) is 11.5 Å². The number of imidazole rings is 2. The van der Waals surface area contributed by atoms with Crippen LogP contribution in [0.25, 0.3) is 22.7 Å². The summed E-state index contributed by atoms with van der Waals surface area (Å²) in [5.74, 6) is -0.400. The second-order valence-corrected chi connectivity index (χ2v) is 6.91. The van der Waals surface area contributed by atoms with Gasteiger partial charge in [0.1, 0.15) is 17.5 Å². The minimum atomic E-state index is -0.556. The number of hydrogen-bond donors (Lipinski definition) is 1. The number of nitrogens with zero attached hydrogens (tertiary/aromatic N) is 4. The molecule has 1 atom stereocenters. The number of H-pyrrole nitrogens is 2. The van der Waals surface area contributed by atoms with Gasteiger partial charge in [-0.3, -0.25) is 4.98 Å². The Morgan fingerprint density at radius 3 is 3.07 bits per heavy atom. The molecule has 1 unspecified atom stereocenters. The number of pyridine rings is 2. The normalized spacial score (nSPS) is 12.2. The van der Waals surface area contributed by atoms with Gasteiger partial charge >= 0.3 is 5.97 Å². The van der Waals surface area contributed by atoms with Crippen LogP contribution in [-0.2, 0) is 11.3 Å². The van der Waals surface area contributed by atoms with Gasteiger partial charge in [0.05, 0.1) is 6.61 Å². The lowest BCUT2D eigenvalue weighted by molar-refractivity contribution is -0.347. The molecule has 0 aliphatic carbocycles. The number of nitrogens with one attached hydrogen (secondary N) is 2. The number of carbonyl (C=O) groups is 1. The zero-order valence-electron chi connectivity index (χ0n) is 16.0. The van der Waals surface area contributed by atoms with Crippen molar-refractivity contribution in [2.45, 2.75) is 20.4 Å². The van der Waals surface area contributed by atoms with Crippen LogP contribution in [-0.4, -0.2) is 37.1 Å². The number of aromatic nitrogens is 6. The fourth-order valence-electron chi connectivity index (χ4n) is 3.18. The van der Waals surface area contributed by atoms with Crippen LogP contribution >= 0.6 is 0 Å². The molecule has 0 spiro atoms. The van der Waals surface area contributed by atoms with Gasteiger partial charge in [-0.2, -0.15) is 4.39 Å². The largest absolute Gasteiger partial charge is 0.462 e. The average Bonchev–Trinajstić information content (AvgIpc) is 3.36. The summed E-state index contributed by atoms with van der Waals surface area (Å²) in [5.41, 5.74) is 3.12. The van der Waals surface area contributed by atoms with E-state index < -0.39 is 11.9 Å². The Morgan fingerprint density at radius 2 is 2.24 bits per heavy atom. The molecule has 9 heteroatoms. The highest BCUT2D eigenvalue weighted by Gasteiger charge is 2.20. The van der Waals surface area contributed by atoms with E-state index in [1.807, 2.05) is 18.4 Å². The highest BCUT2D eigenvalue weighted by Crippen LogP contribution is 2.18. The van der Waals surface area contributed by atoms with E-state index >= 15 is 0 Å². The molecule has 0 aliphatic heterocycles. The lowest BCUT2D eigenvalue weighted by atomic mass is 10.1. The molecule has 0 amide bonds. The quantitative estimate of drug-likeness (QED) is 0.400. The number of rotatable bonds is 6. The summed E-state index contributed by atoms with van der Waals surface area (Å²) in [6, 6.07) is 4.59. The van der Waals surface area contributed by atoms with Crippen molar-refractivity contribution >= 4 is 17.1 Å². The maximum absolute atomic E-state index is 13.4. The zero-order valence-corrected chi connectivity index (χ0v) is 16.0. The van der Waals surface area contributed by atoms with Gasteiger partial charge in [-0.15, -0.1) is 4.98 Å². The smallest absolute Gasteiger partial charge is 0.341 e. The maximum Gasteiger partial charge on any atom is 0.341 e. The lowest BCUT2D eigenvalue weighted by Gasteiger charge is -2.15. The third-order valence-electron chi connectivity index (χ3n) is 4.65. The number of hydrogen-bond acceptors (Lipinski definition) is 5. The molecular formula is C20H20FN6O2+. The Kier molecular flexibility index (Phi) is 5.03. The molecule has 8 nitrogen and oxygen atoms in total. The highest BCUT2D eigenvalue weighted by atomic mass is 19.1. The molecule has 0 bridgehead atoms. The first-order valence-corrected chi connectivity index (χ1v) is 9.18. The summed E-state index contributed by atoms with van der Waals surface area (Å²) >= 11 is 0. The topological polar surface area (TPSA) is 99.8 Å². The van der Waals surface area contributed by atoms with E-state index in [4.69, 9.17) is 4.74 Å². The summed E-state index contributed by atoms with van der Waals surface area (Å²) in [5, 5.41) is 0. The molecule has 0 aromatic carbocycles. The Hall–Kier alpha value is -3.62. The molecule has 4 heterocycles. The van der Waals surface area contributed by atoms with Gasteiger partial charge in [0, 0.05) is 30.4 Å². The van der Waals surface area contributed by atoms with Gasteiger partial charge in [0.15, 0.2) is 17.7 Å². The predicted octanol–water partition coefficient (Wildman–Crippen LogP) is 2.58. The minimum Gasteiger partial charge on any atom is -0.462 e. The molecule has 2 N–H and O–H groups in total. The van der Waals surface area contributed by atoms with Crippen LogP contribution in [0.1, 0.15) is 22.8 Å². The summed E-state index contributed by atoms with van der Waals surface area (Å²) in [7, 11) is 0. The fraction of sp³-hybridized carbons (Fsp3) is 0.250. The van der Waals surface area contributed by atoms with Crippen molar-refractivity contribution in [3.63, 3.8) is 0 Å². The fourth-order valence-corrected chi connectivity index (χ4v) is 3.18. The van der Waals surface area contributed by atoms with Crippen molar-refractivity contribution in [1.29, 1.82) is 0 Å². The number of aryl methyl sites for hydroxylation is 1. The van der Waals surface area contributed by atoms with E-state index in [0.29, 0.717) is 29.3 Å². The zero-order chi connectivity index (χ0) is 20.4. The lowest BCUT2D eigenvalue weighted by Crippen LogP contribution is -2.18.